The van der Waals surface area contributed by atoms with Gasteiger partial charge in [-0.15, -0.1) is 0 Å². The van der Waals surface area contributed by atoms with Crippen molar-refractivity contribution in [3.63, 3.8) is 0 Å². The first-order valence-electron chi connectivity index (χ1n) is 7.28. The number of hydrogen-bond donors (Lipinski definition) is 2. The van der Waals surface area contributed by atoms with E-state index in [1.807, 2.05) is 0 Å². The number of hydrogen-bond acceptors (Lipinski definition) is 6. The highest BCUT2D eigenvalue weighted by Gasteiger charge is 2.28. The maximum atomic E-state index is 12.2. The lowest BCUT2D eigenvalue weighted by atomic mass is 10.3. The molecule has 0 aliphatic rings. The van der Waals surface area contributed by atoms with Crippen LogP contribution in [-0.4, -0.2) is 48.2 Å². The molecule has 0 aliphatic carbocycles. The fourth-order valence-electron chi connectivity index (χ4n) is 2.02. The molecule has 3 heterocycles. The first kappa shape index (κ1) is 17.4. The molecule has 12 heteroatoms. The molecule has 0 fully saturated rings. The number of anilines is 2. The molecule has 3 aromatic rings. The molecular formula is C14H13F3N8O. The molecule has 26 heavy (non-hydrogen) atoms. The number of rotatable bonds is 5. The maximum absolute atomic E-state index is 12.2. The quantitative estimate of drug-likeness (QED) is 0.708. The highest BCUT2D eigenvalue weighted by molar-refractivity contribution is 5.93. The molecule has 0 saturated heterocycles. The monoisotopic (exact) mass is 366 g/mol. The summed E-state index contributed by atoms with van der Waals surface area (Å²) in [5.41, 5.74) is 0.694. The summed E-state index contributed by atoms with van der Waals surface area (Å²) in [6.45, 7) is -1.41. The predicted molar refractivity (Wildman–Crippen MR) is 84.0 cm³/mol. The van der Waals surface area contributed by atoms with Crippen molar-refractivity contribution in [1.29, 1.82) is 0 Å². The number of nitrogens with one attached hydrogen (secondary N) is 2. The molecule has 0 aromatic carbocycles. The number of halogens is 3. The number of aromatic nitrogens is 6. The Morgan fingerprint density at radius 2 is 2.00 bits per heavy atom. The summed E-state index contributed by atoms with van der Waals surface area (Å²) < 4.78 is 39.4. The van der Waals surface area contributed by atoms with Crippen LogP contribution in [-0.2, 0) is 7.05 Å². The van der Waals surface area contributed by atoms with Crippen LogP contribution in [0.4, 0.5) is 24.7 Å². The Kier molecular flexibility index (Phi) is 4.56. The second-order valence-electron chi connectivity index (χ2n) is 5.26. The van der Waals surface area contributed by atoms with E-state index >= 15 is 0 Å². The van der Waals surface area contributed by atoms with Gasteiger partial charge in [0.1, 0.15) is 18.7 Å². The summed E-state index contributed by atoms with van der Waals surface area (Å²) in [7, 11) is 1.77. The first-order valence-corrected chi connectivity index (χ1v) is 7.28. The van der Waals surface area contributed by atoms with E-state index in [2.05, 4.69) is 25.5 Å². The molecule has 3 rings (SSSR count). The molecule has 0 aliphatic heterocycles. The van der Waals surface area contributed by atoms with Crippen molar-refractivity contribution in [3.8, 4) is 5.82 Å². The lowest BCUT2D eigenvalue weighted by Crippen LogP contribution is -2.33. The summed E-state index contributed by atoms with van der Waals surface area (Å²) in [6, 6.07) is 1.57. The van der Waals surface area contributed by atoms with Gasteiger partial charge in [-0.2, -0.15) is 23.4 Å². The average Bonchev–Trinajstić information content (AvgIpc) is 3.22. The van der Waals surface area contributed by atoms with E-state index in [9.17, 15) is 18.0 Å². The molecule has 0 radical (unpaired) electrons. The van der Waals surface area contributed by atoms with Gasteiger partial charge in [-0.05, 0) is 0 Å². The minimum absolute atomic E-state index is 0.0189. The third-order valence-corrected chi connectivity index (χ3v) is 3.16. The maximum Gasteiger partial charge on any atom is 0.405 e. The van der Waals surface area contributed by atoms with Crippen molar-refractivity contribution in [1.82, 2.24) is 34.8 Å². The Bertz CT molecular complexity index is 917. The largest absolute Gasteiger partial charge is 0.405 e. The van der Waals surface area contributed by atoms with E-state index in [0.29, 0.717) is 17.3 Å². The number of aryl methyl sites for hydroxylation is 1. The molecule has 0 atom stereocenters. The molecule has 9 nitrogen and oxygen atoms in total. The molecule has 3 aromatic heterocycles. The van der Waals surface area contributed by atoms with E-state index in [-0.39, 0.29) is 5.56 Å². The molecule has 2 N–H and O–H groups in total. The summed E-state index contributed by atoms with van der Waals surface area (Å²) in [6.07, 6.45) is 2.60. The van der Waals surface area contributed by atoms with E-state index in [4.69, 9.17) is 0 Å². The van der Waals surface area contributed by atoms with Crippen LogP contribution in [0.1, 0.15) is 10.4 Å². The second-order valence-corrected chi connectivity index (χ2v) is 5.26. The van der Waals surface area contributed by atoms with Crippen LogP contribution in [0, 0.1) is 0 Å². The smallest absolute Gasteiger partial charge is 0.343 e. The molecule has 0 spiro atoms. The highest BCUT2D eigenvalue weighted by atomic mass is 19.4. The lowest BCUT2D eigenvalue weighted by Gasteiger charge is -2.06. The van der Waals surface area contributed by atoms with Crippen molar-refractivity contribution >= 4 is 17.4 Å². The molecule has 1 amide bonds. The summed E-state index contributed by atoms with van der Waals surface area (Å²) in [4.78, 5) is 19.8. The van der Waals surface area contributed by atoms with Crippen molar-refractivity contribution in [2.75, 3.05) is 11.9 Å². The summed E-state index contributed by atoms with van der Waals surface area (Å²) in [5, 5.41) is 12.8. The predicted octanol–water partition coefficient (Wildman–Crippen LogP) is 1.43. The number of amides is 1. The van der Waals surface area contributed by atoms with E-state index in [1.165, 1.54) is 17.2 Å². The van der Waals surface area contributed by atoms with Crippen molar-refractivity contribution < 1.29 is 18.0 Å². The number of carbonyl (C=O) groups is 1. The minimum atomic E-state index is -4.48. The van der Waals surface area contributed by atoms with Crippen molar-refractivity contribution in [2.24, 2.45) is 7.05 Å². The minimum Gasteiger partial charge on any atom is -0.343 e. The van der Waals surface area contributed by atoms with Crippen LogP contribution in [0.5, 0.6) is 0 Å². The molecule has 0 bridgehead atoms. The fraction of sp³-hybridized carbons (Fsp3) is 0.214. The van der Waals surface area contributed by atoms with Gasteiger partial charge in [0.15, 0.2) is 5.82 Å². The van der Waals surface area contributed by atoms with Crippen molar-refractivity contribution in [3.05, 3.63) is 42.7 Å². The Balaban J connectivity index is 1.72. The van der Waals surface area contributed by atoms with Gasteiger partial charge in [0.2, 0.25) is 0 Å². The van der Waals surface area contributed by atoms with Gasteiger partial charge in [-0.1, -0.05) is 0 Å². The molecule has 136 valence electrons. The zero-order valence-electron chi connectivity index (χ0n) is 13.4. The Morgan fingerprint density at radius 3 is 2.69 bits per heavy atom. The van der Waals surface area contributed by atoms with E-state index in [1.54, 1.807) is 35.5 Å². The van der Waals surface area contributed by atoms with Crippen LogP contribution in [0.25, 0.3) is 5.82 Å². The fourth-order valence-corrected chi connectivity index (χ4v) is 2.02. The second kappa shape index (κ2) is 6.82. The van der Waals surface area contributed by atoms with E-state index in [0.717, 1.165) is 6.20 Å². The average molecular weight is 366 g/mol. The van der Waals surface area contributed by atoms with Gasteiger partial charge in [0, 0.05) is 25.5 Å². The summed E-state index contributed by atoms with van der Waals surface area (Å²) in [5.74, 6) is -0.0841. The topological polar surface area (TPSA) is 103 Å². The van der Waals surface area contributed by atoms with Crippen LogP contribution in [0.2, 0.25) is 0 Å². The lowest BCUT2D eigenvalue weighted by molar-refractivity contribution is -0.123. The van der Waals surface area contributed by atoms with Gasteiger partial charge >= 0.3 is 6.18 Å². The third kappa shape index (κ3) is 4.34. The van der Waals surface area contributed by atoms with Gasteiger partial charge in [-0.25, -0.2) is 14.6 Å². The van der Waals surface area contributed by atoms with Gasteiger partial charge in [0.05, 0.1) is 23.6 Å². The normalized spacial score (nSPS) is 11.4. The Morgan fingerprint density at radius 1 is 1.19 bits per heavy atom. The third-order valence-electron chi connectivity index (χ3n) is 3.16. The zero-order valence-corrected chi connectivity index (χ0v) is 13.4. The van der Waals surface area contributed by atoms with Gasteiger partial charge in [0.25, 0.3) is 5.91 Å². The zero-order chi connectivity index (χ0) is 18.7. The number of nitrogens with zero attached hydrogens (tertiary/aromatic N) is 6. The Hall–Kier alpha value is -3.44. The molecular weight excluding hydrogens is 353 g/mol. The van der Waals surface area contributed by atoms with Crippen LogP contribution in [0.3, 0.4) is 0 Å². The first-order chi connectivity index (χ1) is 12.3. The summed E-state index contributed by atoms with van der Waals surface area (Å²) >= 11 is 0. The van der Waals surface area contributed by atoms with Crippen LogP contribution in [0.15, 0.2) is 37.2 Å². The standard InChI is InChI=1S/C14H13F3N8O/c1-24-6-10(4-21-24)23-11-2-12(20-8-19-11)25-5-9(3-22-25)13(26)18-7-14(15,16)17/h2-6,8H,7H2,1H3,(H,18,26)(H,19,20,23). The van der Waals surface area contributed by atoms with Gasteiger partial charge < -0.3 is 10.6 Å². The van der Waals surface area contributed by atoms with Crippen molar-refractivity contribution in [2.45, 2.75) is 6.18 Å². The van der Waals surface area contributed by atoms with E-state index < -0.39 is 18.6 Å². The molecule has 0 saturated carbocycles. The SMILES string of the molecule is Cn1cc(Nc2cc(-n3cc(C(=O)NCC(F)(F)F)cn3)ncn2)cn1. The van der Waals surface area contributed by atoms with Crippen LogP contribution >= 0.6 is 0 Å². The highest BCUT2D eigenvalue weighted by Crippen LogP contribution is 2.16. The van der Waals surface area contributed by atoms with Gasteiger partial charge in [-0.3, -0.25) is 9.48 Å². The number of alkyl halides is 3. The molecule has 0 unspecified atom stereocenters. The Labute approximate surface area is 144 Å². The number of carbonyl (C=O) groups excluding carboxylic acids is 1. The van der Waals surface area contributed by atoms with Crippen LogP contribution < -0.4 is 10.6 Å².